The van der Waals surface area contributed by atoms with Gasteiger partial charge >= 0.3 is 23.5 Å². The van der Waals surface area contributed by atoms with E-state index in [2.05, 4.69) is 35.6 Å². The zero-order valence-corrected chi connectivity index (χ0v) is 76.7. The third kappa shape index (κ3) is 17.6. The van der Waals surface area contributed by atoms with Crippen LogP contribution >= 0.6 is 23.5 Å². The highest BCUT2D eigenvalue weighted by Crippen LogP contribution is 2.67. The molecule has 18 rings (SSSR count). The molecule has 6 aromatic carbocycles. The van der Waals surface area contributed by atoms with E-state index in [-0.39, 0.29) is 88.8 Å². The van der Waals surface area contributed by atoms with E-state index in [1.165, 1.54) is 28.1 Å². The van der Waals surface area contributed by atoms with E-state index in [9.17, 15) is 13.7 Å². The number of nitrogen functional groups attached to an aromatic ring is 1. The fraction of sp³-hybridized carbons (Fsp3) is 0.420. The molecule has 0 saturated carbocycles. The fourth-order valence-corrected chi connectivity index (χ4v) is 21.7. The average molecular weight is 1890 g/mol. The van der Waals surface area contributed by atoms with Crippen molar-refractivity contribution in [2.75, 3.05) is 70.2 Å². The Kier molecular flexibility index (Phi) is 26.1. The monoisotopic (exact) mass is 1890 g/mol. The molecule has 0 radical (unpaired) electrons. The molecule has 0 amide bonds. The number of benzene rings is 6. The van der Waals surface area contributed by atoms with Gasteiger partial charge in [0.05, 0.1) is 71.3 Å². The first-order chi connectivity index (χ1) is 62.8. The van der Waals surface area contributed by atoms with Crippen molar-refractivity contribution in [1.82, 2.24) is 58.6 Å². The van der Waals surface area contributed by atoms with Crippen LogP contribution in [0.15, 0.2) is 189 Å². The molecule has 4 N–H and O–H groups in total. The molecular weight excluding hydrogens is 1790 g/mol. The number of anilines is 3. The number of phosphoric ester groups is 3. The van der Waals surface area contributed by atoms with E-state index < -0.39 is 144 Å². The maximum Gasteiger partial charge on any atom is 0.475 e. The Bertz CT molecular complexity index is 5900. The van der Waals surface area contributed by atoms with Crippen LogP contribution in [0.3, 0.4) is 0 Å². The Morgan fingerprint density at radius 1 is 0.409 bits per heavy atom. The van der Waals surface area contributed by atoms with Crippen molar-refractivity contribution < 1.29 is 119 Å². The molecule has 12 aromatic rings. The molecule has 0 aliphatic carbocycles. The smallest absolute Gasteiger partial charge is 0.475 e. The Balaban J connectivity index is 0.000000150. The summed E-state index contributed by atoms with van der Waals surface area (Å²) < 4.78 is 232. The highest BCUT2D eigenvalue weighted by atomic mass is 31.2. The molecule has 6 fully saturated rings. The minimum absolute atomic E-state index is 0.0737. The summed E-state index contributed by atoms with van der Waals surface area (Å²) in [6.45, 7) is 16.3. The summed E-state index contributed by atoms with van der Waals surface area (Å²) in [6.07, 6.45) is -8.77. The molecule has 6 aromatic heterocycles. The first kappa shape index (κ1) is 94.4. The van der Waals surface area contributed by atoms with E-state index in [1.807, 2.05) is 170 Å². The van der Waals surface area contributed by atoms with Crippen molar-refractivity contribution >= 4 is 74.8 Å². The fourth-order valence-electron chi connectivity index (χ4n) is 16.8. The minimum Gasteiger partial charge on any atom is -0.497 e. The van der Waals surface area contributed by atoms with Crippen LogP contribution in [-0.4, -0.2) is 184 Å². The lowest BCUT2D eigenvalue weighted by molar-refractivity contribution is -0.220. The van der Waals surface area contributed by atoms with Gasteiger partial charge in [-0.2, -0.15) is 29.9 Å². The third-order valence-corrected chi connectivity index (χ3v) is 27.1. The summed E-state index contributed by atoms with van der Waals surface area (Å²) in [7, 11) is -9.59. The normalized spacial score (nSPS) is 28.6. The van der Waals surface area contributed by atoms with Crippen LogP contribution in [0.25, 0.3) is 33.5 Å². The first-order valence-electron chi connectivity index (χ1n) is 42.3. The Morgan fingerprint density at radius 3 is 0.939 bits per heavy atom. The lowest BCUT2D eigenvalue weighted by atomic mass is 9.77. The van der Waals surface area contributed by atoms with Crippen molar-refractivity contribution in [3.8, 4) is 29.1 Å². The van der Waals surface area contributed by atoms with Crippen LogP contribution in [0.5, 0.6) is 29.1 Å². The summed E-state index contributed by atoms with van der Waals surface area (Å²) in [5.41, 5.74) is 1.78. The number of phosphoric acid groups is 3. The zero-order chi connectivity index (χ0) is 93.9. The summed E-state index contributed by atoms with van der Waals surface area (Å²) >= 11 is 0. The van der Waals surface area contributed by atoms with Crippen molar-refractivity contribution in [2.45, 2.75) is 184 Å². The standard InChI is InChI=1S/2C36H38F2N5O7P.C16H22F2N5O6P/c2*1-6-46-30-28-29(43(22-39-28)32-34(4,37)31-35(38,48-32)21-47-51(44,50-31)49-23(2)3)40-33(41-30)42-36(24-13-9-7-10-14-24,25-15-11-8-12-16-25)26-17-19-27(45-5)20-18-26;1-5-25-11-9-10(21-14(19)22-11)23(7-20-9)13-15(4,17)12-16(18,27-13)6-26-30(24,29-12)28-8(2)3/h2*7-20,22-23,31-32H,6,21H2,1-5H3,(H,40,41,42);7-8,12-13H,5-6H2,1-4H3,(H2,19,21,22)/t31-,32+,34+,35+,51?;31-,32+,34+,35+,51+;12-,13+,15+,16+,30-/m000/s1. The van der Waals surface area contributed by atoms with Gasteiger partial charge in [-0.25, -0.2) is 55.0 Å². The second-order valence-corrected chi connectivity index (χ2v) is 37.6. The highest BCUT2D eigenvalue weighted by molar-refractivity contribution is 7.49. The molecule has 0 spiro atoms. The van der Waals surface area contributed by atoms with Gasteiger partial charge in [-0.15, -0.1) is 0 Å². The lowest BCUT2D eigenvalue weighted by Crippen LogP contribution is -2.51. The number of hydrogen-bond acceptors (Lipinski definition) is 32. The molecule has 6 saturated heterocycles. The van der Waals surface area contributed by atoms with Crippen molar-refractivity contribution in [2.24, 2.45) is 0 Å². The number of aromatic nitrogens is 12. The van der Waals surface area contributed by atoms with Crippen LogP contribution in [0.2, 0.25) is 0 Å². The number of nitrogens with one attached hydrogen (secondary N) is 2. The van der Waals surface area contributed by atoms with Crippen molar-refractivity contribution in [3.63, 3.8) is 0 Å². The SMILES string of the molecule is CCOc1nc(N)nc2c1ncn2[C@@H]1O[C@]2(F)CO[P@@](=O)(OC(C)C)O[C@H]2[C@@]1(C)F.CCOc1nc(NC(c2ccccc2)(c2ccccc2)c2ccc(OC)cc2)nc2c1ncn2[C@@H]1O[C@]2(F)COP(=O)(OC(C)C)O[C@H]2[C@@]1(C)F.CCOc1nc(NC(c2ccccc2)(c2ccccc2)c2ccc(OC)cc2)nc2c1ncn2[C@@H]1O[C@]2(F)CO[P@](=O)(OC(C)C)O[C@H]2[C@@]1(C)F. The number of fused-ring (bicyclic) bond motifs is 6. The zero-order valence-electron chi connectivity index (χ0n) is 74.1. The topological polar surface area (TPSA) is 389 Å². The number of nitrogens with zero attached hydrogens (tertiary/aromatic N) is 12. The molecule has 132 heavy (non-hydrogen) atoms. The number of rotatable bonds is 27. The molecular formula is C88H98F6N15O20P3. The van der Waals surface area contributed by atoms with Gasteiger partial charge in [0.2, 0.25) is 35.5 Å². The van der Waals surface area contributed by atoms with Crippen LogP contribution < -0.4 is 40.1 Å². The van der Waals surface area contributed by atoms with Gasteiger partial charge < -0.3 is 54.3 Å². The lowest BCUT2D eigenvalue weighted by Gasteiger charge is -2.37. The summed E-state index contributed by atoms with van der Waals surface area (Å²) in [5.74, 6) is -6.64. The van der Waals surface area contributed by atoms with Gasteiger partial charge in [0.15, 0.2) is 87.5 Å². The molecule has 6 aliphatic heterocycles. The molecule has 35 nitrogen and oxygen atoms in total. The minimum atomic E-state index is -4.30. The number of ether oxygens (including phenoxy) is 8. The molecule has 1 unspecified atom stereocenters. The molecule has 12 heterocycles. The van der Waals surface area contributed by atoms with Crippen LogP contribution in [-0.2, 0) is 79.7 Å². The van der Waals surface area contributed by atoms with E-state index in [1.54, 1.807) is 76.5 Å². The predicted molar refractivity (Wildman–Crippen MR) is 467 cm³/mol. The van der Waals surface area contributed by atoms with Crippen molar-refractivity contribution in [3.05, 3.63) is 222 Å². The molecule has 0 bridgehead atoms. The van der Waals surface area contributed by atoms with E-state index in [0.29, 0.717) is 11.5 Å². The Hall–Kier alpha value is -10.8. The van der Waals surface area contributed by atoms with Gasteiger partial charge in [0.25, 0.3) is 17.6 Å². The van der Waals surface area contributed by atoms with Gasteiger partial charge in [0.1, 0.15) is 42.4 Å². The quantitative estimate of drug-likeness (QED) is 0.0244. The number of alkyl halides is 6. The number of imidazole rings is 3. The number of methoxy groups -OCH3 is 2. The number of halogens is 6. The highest BCUT2D eigenvalue weighted by Gasteiger charge is 2.74. The number of hydrogen-bond donors (Lipinski definition) is 3. The van der Waals surface area contributed by atoms with E-state index in [4.69, 9.17) is 104 Å². The van der Waals surface area contributed by atoms with Crippen LogP contribution in [0.1, 0.15) is 135 Å². The average Bonchev–Trinajstić information content (AvgIpc) is 1.57. The Labute approximate surface area is 754 Å². The number of nitrogens with two attached hydrogens (primary N) is 1. The molecule has 44 heteroatoms. The van der Waals surface area contributed by atoms with E-state index in [0.717, 1.165) is 58.7 Å². The summed E-state index contributed by atoms with van der Waals surface area (Å²) in [6, 6.07) is 54.4. The van der Waals surface area contributed by atoms with Gasteiger partial charge in [-0.05, 0) is 141 Å². The van der Waals surface area contributed by atoms with Crippen LogP contribution in [0, 0.1) is 0 Å². The van der Waals surface area contributed by atoms with Gasteiger partial charge in [-0.3, -0.25) is 54.4 Å². The van der Waals surface area contributed by atoms with Gasteiger partial charge in [-0.1, -0.05) is 146 Å². The summed E-state index contributed by atoms with van der Waals surface area (Å²) in [5, 5.41) is 7.19. The third-order valence-electron chi connectivity index (χ3n) is 22.3. The Morgan fingerprint density at radius 2 is 0.674 bits per heavy atom. The second-order valence-electron chi connectivity index (χ2n) is 32.8. The van der Waals surface area contributed by atoms with Crippen molar-refractivity contribution in [1.29, 1.82) is 0 Å². The molecule has 15 atom stereocenters. The van der Waals surface area contributed by atoms with Crippen LogP contribution in [0.4, 0.5) is 44.2 Å². The molecule has 702 valence electrons. The predicted octanol–water partition coefficient (Wildman–Crippen LogP) is 17.7. The van der Waals surface area contributed by atoms with Gasteiger partial charge in [0, 0.05) is 0 Å². The summed E-state index contributed by atoms with van der Waals surface area (Å²) in [4.78, 5) is 40.2. The molecule has 6 aliphatic rings. The maximum atomic E-state index is 16.9. The largest absolute Gasteiger partial charge is 0.497 e. The second kappa shape index (κ2) is 36.5. The van der Waals surface area contributed by atoms with E-state index >= 15 is 26.3 Å². The maximum absolute atomic E-state index is 16.9. The first-order valence-corrected chi connectivity index (χ1v) is 46.7.